The number of carbonyl (C=O) groups excluding carboxylic acids is 1. The molecule has 0 saturated carbocycles. The van der Waals surface area contributed by atoms with Gasteiger partial charge in [0.15, 0.2) is 5.65 Å². The highest BCUT2D eigenvalue weighted by Crippen LogP contribution is 2.34. The van der Waals surface area contributed by atoms with Gasteiger partial charge in [0.2, 0.25) is 0 Å². The van der Waals surface area contributed by atoms with E-state index in [1.54, 1.807) is 0 Å². The fraction of sp³-hybridized carbons (Fsp3) is 0.357. The van der Waals surface area contributed by atoms with Gasteiger partial charge in [0, 0.05) is 30.8 Å². The number of hydrogen-bond acceptors (Lipinski definition) is 7. The van der Waals surface area contributed by atoms with Gasteiger partial charge < -0.3 is 15.8 Å². The number of likely N-dealkylation sites (tertiary alicyclic amines) is 1. The van der Waals surface area contributed by atoms with Crippen LogP contribution in [-0.4, -0.2) is 62.9 Å². The van der Waals surface area contributed by atoms with Gasteiger partial charge in [-0.2, -0.15) is 5.10 Å². The lowest BCUT2D eigenvalue weighted by molar-refractivity contribution is 0.0950. The number of amides is 1. The SMILES string of the molecule is Cc1ccccc1C(=O)NCc1ccc(-c2nn([C@@H]3CCCN(C[C@@H]4CO4)C3)c3ncnc(N)c23)cc1. The van der Waals surface area contributed by atoms with E-state index in [0.717, 1.165) is 72.5 Å². The third-order valence-corrected chi connectivity index (χ3v) is 7.28. The zero-order valence-corrected chi connectivity index (χ0v) is 20.9. The predicted octanol–water partition coefficient (Wildman–Crippen LogP) is 3.35. The van der Waals surface area contributed by atoms with Gasteiger partial charge >= 0.3 is 0 Å². The van der Waals surface area contributed by atoms with E-state index in [2.05, 4.69) is 20.2 Å². The number of aromatic nitrogens is 4. The quantitative estimate of drug-likeness (QED) is 0.376. The molecule has 37 heavy (non-hydrogen) atoms. The summed E-state index contributed by atoms with van der Waals surface area (Å²) in [7, 11) is 0. The Bertz CT molecular complexity index is 1430. The Morgan fingerprint density at radius 1 is 1.16 bits per heavy atom. The Labute approximate surface area is 215 Å². The van der Waals surface area contributed by atoms with E-state index in [9.17, 15) is 4.79 Å². The number of rotatable bonds is 7. The van der Waals surface area contributed by atoms with Crippen molar-refractivity contribution in [2.45, 2.75) is 38.5 Å². The molecule has 9 nitrogen and oxygen atoms in total. The lowest BCUT2D eigenvalue weighted by Gasteiger charge is -2.32. The summed E-state index contributed by atoms with van der Waals surface area (Å²) >= 11 is 0. The van der Waals surface area contributed by atoms with Crippen LogP contribution in [0.2, 0.25) is 0 Å². The number of piperidine rings is 1. The molecule has 0 radical (unpaired) electrons. The molecular weight excluding hydrogens is 466 g/mol. The highest BCUT2D eigenvalue weighted by molar-refractivity contribution is 5.98. The van der Waals surface area contributed by atoms with Gasteiger partial charge in [-0.25, -0.2) is 14.6 Å². The summed E-state index contributed by atoms with van der Waals surface area (Å²) in [6.07, 6.45) is 4.04. The van der Waals surface area contributed by atoms with Crippen molar-refractivity contribution >= 4 is 22.8 Å². The molecule has 2 aliphatic rings. The number of nitrogens with one attached hydrogen (secondary N) is 1. The summed E-state index contributed by atoms with van der Waals surface area (Å²) in [5.74, 6) is 0.353. The molecule has 0 bridgehead atoms. The van der Waals surface area contributed by atoms with E-state index in [-0.39, 0.29) is 11.9 Å². The smallest absolute Gasteiger partial charge is 0.251 e. The molecule has 6 rings (SSSR count). The number of epoxide rings is 1. The number of anilines is 1. The van der Waals surface area contributed by atoms with Crippen LogP contribution in [0.4, 0.5) is 5.82 Å². The Morgan fingerprint density at radius 2 is 1.97 bits per heavy atom. The van der Waals surface area contributed by atoms with Gasteiger partial charge in [-0.1, -0.05) is 42.5 Å². The highest BCUT2D eigenvalue weighted by Gasteiger charge is 2.31. The normalized spacial score (nSPS) is 19.7. The summed E-state index contributed by atoms with van der Waals surface area (Å²) in [6, 6.07) is 15.9. The van der Waals surface area contributed by atoms with Crippen LogP contribution in [0.1, 0.15) is 40.4 Å². The summed E-state index contributed by atoms with van der Waals surface area (Å²) < 4.78 is 7.48. The molecule has 2 aromatic heterocycles. The predicted molar refractivity (Wildman–Crippen MR) is 142 cm³/mol. The zero-order valence-electron chi connectivity index (χ0n) is 20.9. The lowest BCUT2D eigenvalue weighted by atomic mass is 10.1. The molecular formula is C28H31N7O2. The van der Waals surface area contributed by atoms with Crippen LogP contribution in [0.3, 0.4) is 0 Å². The summed E-state index contributed by atoms with van der Waals surface area (Å²) in [6.45, 7) is 6.22. The van der Waals surface area contributed by atoms with Crippen molar-refractivity contribution in [3.63, 3.8) is 0 Å². The minimum atomic E-state index is -0.0772. The molecule has 9 heteroatoms. The van der Waals surface area contributed by atoms with Crippen molar-refractivity contribution in [2.75, 3.05) is 32.0 Å². The Balaban J connectivity index is 1.23. The first-order chi connectivity index (χ1) is 18.1. The summed E-state index contributed by atoms with van der Waals surface area (Å²) in [4.78, 5) is 23.9. The molecule has 2 atom stereocenters. The van der Waals surface area contributed by atoms with Crippen molar-refractivity contribution < 1.29 is 9.53 Å². The van der Waals surface area contributed by atoms with Crippen LogP contribution in [0.25, 0.3) is 22.3 Å². The van der Waals surface area contributed by atoms with Crippen molar-refractivity contribution in [3.8, 4) is 11.3 Å². The van der Waals surface area contributed by atoms with Gasteiger partial charge in [-0.05, 0) is 43.5 Å². The largest absolute Gasteiger partial charge is 0.383 e. The third kappa shape index (κ3) is 4.92. The Kier molecular flexibility index (Phi) is 6.31. The number of fused-ring (bicyclic) bond motifs is 1. The van der Waals surface area contributed by atoms with Crippen molar-refractivity contribution in [2.24, 2.45) is 0 Å². The summed E-state index contributed by atoms with van der Waals surface area (Å²) in [5, 5.41) is 8.83. The molecule has 4 heterocycles. The monoisotopic (exact) mass is 497 g/mol. The maximum absolute atomic E-state index is 12.6. The maximum Gasteiger partial charge on any atom is 0.251 e. The summed E-state index contributed by atoms with van der Waals surface area (Å²) in [5.41, 5.74) is 11.5. The molecule has 2 fully saturated rings. The lowest BCUT2D eigenvalue weighted by Crippen LogP contribution is -2.39. The Hall–Kier alpha value is -3.82. The number of aryl methyl sites for hydroxylation is 1. The van der Waals surface area contributed by atoms with Gasteiger partial charge in [-0.15, -0.1) is 0 Å². The average Bonchev–Trinajstić information content (AvgIpc) is 3.64. The van der Waals surface area contributed by atoms with Crippen molar-refractivity contribution in [3.05, 3.63) is 71.5 Å². The van der Waals surface area contributed by atoms with Crippen LogP contribution in [-0.2, 0) is 11.3 Å². The van der Waals surface area contributed by atoms with Crippen LogP contribution < -0.4 is 11.1 Å². The van der Waals surface area contributed by atoms with Gasteiger partial charge in [0.1, 0.15) is 17.8 Å². The van der Waals surface area contributed by atoms with E-state index in [1.807, 2.05) is 60.1 Å². The molecule has 0 spiro atoms. The highest BCUT2D eigenvalue weighted by atomic mass is 16.6. The third-order valence-electron chi connectivity index (χ3n) is 7.28. The van der Waals surface area contributed by atoms with Crippen LogP contribution >= 0.6 is 0 Å². The van der Waals surface area contributed by atoms with Gasteiger partial charge in [-0.3, -0.25) is 9.69 Å². The number of nitrogens with two attached hydrogens (primary N) is 1. The molecule has 2 saturated heterocycles. The van der Waals surface area contributed by atoms with E-state index < -0.39 is 0 Å². The van der Waals surface area contributed by atoms with Gasteiger partial charge in [0.25, 0.3) is 5.91 Å². The second-order valence-electron chi connectivity index (χ2n) is 9.96. The number of nitrogens with zero attached hydrogens (tertiary/aromatic N) is 5. The molecule has 1 amide bonds. The van der Waals surface area contributed by atoms with E-state index in [4.69, 9.17) is 15.6 Å². The first kappa shape index (κ1) is 23.6. The fourth-order valence-corrected chi connectivity index (χ4v) is 5.20. The minimum absolute atomic E-state index is 0.0772. The number of ether oxygens (including phenoxy) is 1. The Morgan fingerprint density at radius 3 is 2.76 bits per heavy atom. The van der Waals surface area contributed by atoms with E-state index >= 15 is 0 Å². The first-order valence-electron chi connectivity index (χ1n) is 12.8. The topological polar surface area (TPSA) is 114 Å². The minimum Gasteiger partial charge on any atom is -0.383 e. The molecule has 0 aliphatic carbocycles. The second-order valence-corrected chi connectivity index (χ2v) is 9.96. The maximum atomic E-state index is 12.6. The number of nitrogen functional groups attached to an aromatic ring is 1. The molecule has 4 aromatic rings. The molecule has 2 aromatic carbocycles. The molecule has 2 aliphatic heterocycles. The average molecular weight is 498 g/mol. The number of hydrogen-bond donors (Lipinski definition) is 2. The first-order valence-corrected chi connectivity index (χ1v) is 12.8. The van der Waals surface area contributed by atoms with Crippen LogP contribution in [0.15, 0.2) is 54.9 Å². The van der Waals surface area contributed by atoms with Crippen LogP contribution in [0.5, 0.6) is 0 Å². The number of carbonyl (C=O) groups is 1. The zero-order chi connectivity index (χ0) is 25.4. The fourth-order valence-electron chi connectivity index (χ4n) is 5.20. The van der Waals surface area contributed by atoms with E-state index in [0.29, 0.717) is 24.0 Å². The standard InChI is InChI=1S/C28H31N7O2/c1-18-5-2-3-7-23(18)28(36)30-13-19-8-10-20(11-9-19)25-24-26(29)31-17-32-27(24)35(33-25)21-6-4-12-34(14-21)15-22-16-37-22/h2-3,5,7-11,17,21-22H,4,6,12-16H2,1H3,(H,30,36)(H2,29,31,32)/t21-,22-/m1/s1. The molecule has 3 N–H and O–H groups in total. The van der Waals surface area contributed by atoms with Crippen molar-refractivity contribution in [1.82, 2.24) is 30.0 Å². The molecule has 0 unspecified atom stereocenters. The van der Waals surface area contributed by atoms with E-state index in [1.165, 1.54) is 6.33 Å². The van der Waals surface area contributed by atoms with Crippen LogP contribution in [0, 0.1) is 6.92 Å². The molecule has 190 valence electrons. The second kappa shape index (κ2) is 9.91. The van der Waals surface area contributed by atoms with Crippen molar-refractivity contribution in [1.29, 1.82) is 0 Å². The number of benzene rings is 2. The van der Waals surface area contributed by atoms with Gasteiger partial charge in [0.05, 0.1) is 24.1 Å².